The SMILES string of the molecule is COc1cc(C=O)[c]([Sn]([CH3])([CH3])[CH3])cc1OC. The van der Waals surface area contributed by atoms with Crippen LogP contribution in [0.25, 0.3) is 0 Å². The summed E-state index contributed by atoms with van der Waals surface area (Å²) < 4.78 is 11.6. The number of carbonyl (C=O) groups is 1. The summed E-state index contributed by atoms with van der Waals surface area (Å²) in [4.78, 5) is 17.9. The van der Waals surface area contributed by atoms with Crippen LogP contribution >= 0.6 is 0 Å². The van der Waals surface area contributed by atoms with Gasteiger partial charge in [-0.25, -0.2) is 0 Å². The molecule has 0 radical (unpaired) electrons. The minimum absolute atomic E-state index is 0.615. The standard InChI is InChI=1S/C9H9O3.3CH3.Sn/c1-11-8-4-3-7(6-10)5-9(8)12-2;;;;/h4-6H,1-2H3;3*1H3;. The molecule has 16 heavy (non-hydrogen) atoms. The van der Waals surface area contributed by atoms with Crippen molar-refractivity contribution in [2.75, 3.05) is 14.2 Å². The molecule has 0 fully saturated rings. The third-order valence-corrected chi connectivity index (χ3v) is 8.34. The second kappa shape index (κ2) is 5.08. The van der Waals surface area contributed by atoms with Crippen molar-refractivity contribution in [3.8, 4) is 11.5 Å². The number of rotatable bonds is 4. The summed E-state index contributed by atoms with van der Waals surface area (Å²) in [5.74, 6) is 1.32. The van der Waals surface area contributed by atoms with E-state index in [0.717, 1.165) is 11.8 Å². The summed E-state index contributed by atoms with van der Waals surface area (Å²) >= 11 is -2.29. The van der Waals surface area contributed by atoms with Gasteiger partial charge < -0.3 is 0 Å². The maximum absolute atomic E-state index is 11.1. The van der Waals surface area contributed by atoms with Crippen LogP contribution in [-0.2, 0) is 0 Å². The van der Waals surface area contributed by atoms with Crippen LogP contribution in [0.1, 0.15) is 10.4 Å². The van der Waals surface area contributed by atoms with Gasteiger partial charge in [0.2, 0.25) is 0 Å². The zero-order chi connectivity index (χ0) is 12.3. The molecule has 0 aliphatic rings. The number of aldehydes is 1. The Hall–Kier alpha value is -0.711. The van der Waals surface area contributed by atoms with Crippen LogP contribution in [0.5, 0.6) is 11.5 Å². The van der Waals surface area contributed by atoms with Gasteiger partial charge in [-0.05, 0) is 0 Å². The number of methoxy groups -OCH3 is 2. The van der Waals surface area contributed by atoms with Crippen molar-refractivity contribution >= 4 is 28.2 Å². The van der Waals surface area contributed by atoms with Gasteiger partial charge in [0.05, 0.1) is 0 Å². The van der Waals surface area contributed by atoms with Crippen LogP contribution in [0.4, 0.5) is 0 Å². The van der Waals surface area contributed by atoms with E-state index in [9.17, 15) is 4.79 Å². The number of ether oxygens (including phenoxy) is 2. The van der Waals surface area contributed by atoms with Gasteiger partial charge in [0.25, 0.3) is 0 Å². The summed E-state index contributed by atoms with van der Waals surface area (Å²) in [6, 6.07) is 3.72. The van der Waals surface area contributed by atoms with Gasteiger partial charge in [-0.2, -0.15) is 0 Å². The number of hydrogen-bond acceptors (Lipinski definition) is 3. The van der Waals surface area contributed by atoms with Crippen LogP contribution in [0.15, 0.2) is 12.1 Å². The predicted molar refractivity (Wildman–Crippen MR) is 67.9 cm³/mol. The van der Waals surface area contributed by atoms with E-state index in [1.54, 1.807) is 20.3 Å². The average Bonchev–Trinajstić information content (AvgIpc) is 2.25. The Morgan fingerprint density at radius 2 is 1.56 bits per heavy atom. The molecule has 0 spiro atoms. The van der Waals surface area contributed by atoms with Gasteiger partial charge in [0.15, 0.2) is 0 Å². The molecule has 1 aromatic carbocycles. The maximum atomic E-state index is 11.1. The van der Waals surface area contributed by atoms with E-state index in [1.807, 2.05) is 6.07 Å². The van der Waals surface area contributed by atoms with E-state index in [-0.39, 0.29) is 0 Å². The van der Waals surface area contributed by atoms with E-state index in [1.165, 1.54) is 3.58 Å². The van der Waals surface area contributed by atoms with Crippen molar-refractivity contribution < 1.29 is 14.3 Å². The van der Waals surface area contributed by atoms with Gasteiger partial charge in [0.1, 0.15) is 0 Å². The molecule has 0 aromatic heterocycles. The molecule has 0 unspecified atom stereocenters. The molecule has 0 aliphatic heterocycles. The molecule has 0 bridgehead atoms. The van der Waals surface area contributed by atoms with Crippen molar-refractivity contribution in [2.24, 2.45) is 0 Å². The fraction of sp³-hybridized carbons (Fsp3) is 0.417. The molecule has 0 heterocycles. The molecule has 1 rings (SSSR count). The third-order valence-electron chi connectivity index (χ3n) is 2.49. The fourth-order valence-corrected chi connectivity index (χ4v) is 6.10. The van der Waals surface area contributed by atoms with Crippen LogP contribution in [0.3, 0.4) is 0 Å². The second-order valence-corrected chi connectivity index (χ2v) is 19.0. The Kier molecular flexibility index (Phi) is 4.24. The molecule has 0 N–H and O–H groups in total. The zero-order valence-electron chi connectivity index (χ0n) is 10.5. The molecule has 88 valence electrons. The number of hydrogen-bond donors (Lipinski definition) is 0. The first kappa shape index (κ1) is 13.4. The molecule has 0 amide bonds. The first-order valence-corrected chi connectivity index (χ1v) is 15.1. The zero-order valence-corrected chi connectivity index (χ0v) is 13.3. The van der Waals surface area contributed by atoms with E-state index < -0.39 is 18.4 Å². The van der Waals surface area contributed by atoms with Gasteiger partial charge in [-0.15, -0.1) is 0 Å². The molecule has 0 saturated carbocycles. The molecular formula is C12H18O3Sn. The van der Waals surface area contributed by atoms with Crippen LogP contribution in [0.2, 0.25) is 14.8 Å². The summed E-state index contributed by atoms with van der Waals surface area (Å²) in [5.41, 5.74) is 0.737. The molecule has 0 saturated heterocycles. The van der Waals surface area contributed by atoms with Crippen LogP contribution in [-0.4, -0.2) is 38.9 Å². The molecule has 0 atom stereocenters. The predicted octanol–water partition coefficient (Wildman–Crippen LogP) is 2.06. The van der Waals surface area contributed by atoms with Crippen molar-refractivity contribution in [2.45, 2.75) is 14.8 Å². The molecule has 1 aromatic rings. The Balaban J connectivity index is 3.43. The van der Waals surface area contributed by atoms with Crippen molar-refractivity contribution in [3.63, 3.8) is 0 Å². The Morgan fingerprint density at radius 1 is 1.06 bits per heavy atom. The Labute approximate surface area is 101 Å². The van der Waals surface area contributed by atoms with Gasteiger partial charge in [-0.3, -0.25) is 0 Å². The molecule has 4 heteroatoms. The molecule has 0 aliphatic carbocycles. The van der Waals surface area contributed by atoms with E-state index in [0.29, 0.717) is 11.5 Å². The van der Waals surface area contributed by atoms with Gasteiger partial charge >= 0.3 is 101 Å². The summed E-state index contributed by atoms with van der Waals surface area (Å²) in [6.07, 6.45) is 0.902. The van der Waals surface area contributed by atoms with E-state index in [4.69, 9.17) is 9.47 Å². The summed E-state index contributed by atoms with van der Waals surface area (Å²) in [5, 5.41) is 0. The van der Waals surface area contributed by atoms with Gasteiger partial charge in [-0.1, -0.05) is 0 Å². The second-order valence-electron chi connectivity index (χ2n) is 4.66. The summed E-state index contributed by atoms with van der Waals surface area (Å²) in [7, 11) is 3.19. The van der Waals surface area contributed by atoms with E-state index >= 15 is 0 Å². The minimum atomic E-state index is -2.29. The average molecular weight is 329 g/mol. The molecule has 3 nitrogen and oxygen atoms in total. The summed E-state index contributed by atoms with van der Waals surface area (Å²) in [6.45, 7) is 0. The van der Waals surface area contributed by atoms with Crippen molar-refractivity contribution in [1.82, 2.24) is 0 Å². The first-order valence-electron chi connectivity index (χ1n) is 5.15. The Morgan fingerprint density at radius 3 is 1.94 bits per heavy atom. The number of carbonyl (C=O) groups excluding carboxylic acids is 1. The van der Waals surface area contributed by atoms with Crippen LogP contribution in [0, 0.1) is 0 Å². The normalized spacial score (nSPS) is 11.1. The van der Waals surface area contributed by atoms with Crippen molar-refractivity contribution in [1.29, 1.82) is 0 Å². The van der Waals surface area contributed by atoms with Crippen LogP contribution < -0.4 is 13.1 Å². The number of benzene rings is 1. The molecular weight excluding hydrogens is 311 g/mol. The topological polar surface area (TPSA) is 35.5 Å². The Bertz CT molecular complexity index is 394. The quantitative estimate of drug-likeness (QED) is 0.627. The fourth-order valence-electron chi connectivity index (χ4n) is 1.64. The first-order chi connectivity index (χ1) is 7.43. The van der Waals surface area contributed by atoms with E-state index in [2.05, 4.69) is 14.8 Å². The van der Waals surface area contributed by atoms with Gasteiger partial charge in [0, 0.05) is 0 Å². The van der Waals surface area contributed by atoms with Crippen molar-refractivity contribution in [3.05, 3.63) is 17.7 Å². The monoisotopic (exact) mass is 330 g/mol. The third kappa shape index (κ3) is 2.69.